The molecule has 0 radical (unpaired) electrons. The van der Waals surface area contributed by atoms with Crippen LogP contribution in [0.5, 0.6) is 0 Å². The fraction of sp³-hybridized carbons (Fsp3) is 0.667. The summed E-state index contributed by atoms with van der Waals surface area (Å²) in [4.78, 5) is 0. The lowest BCUT2D eigenvalue weighted by molar-refractivity contribution is -0.0641. The van der Waals surface area contributed by atoms with Crippen LogP contribution in [0.2, 0.25) is 0 Å². The summed E-state index contributed by atoms with van der Waals surface area (Å²) in [7, 11) is 0. The first-order valence-corrected chi connectivity index (χ1v) is 7.13. The number of aromatic nitrogens is 1. The molecule has 4 heteroatoms. The zero-order valence-electron chi connectivity index (χ0n) is 9.39. The lowest BCUT2D eigenvalue weighted by Gasteiger charge is -2.38. The van der Waals surface area contributed by atoms with Crippen molar-refractivity contribution in [1.82, 2.24) is 4.68 Å². The zero-order chi connectivity index (χ0) is 10.8. The minimum Gasteiger partial charge on any atom is -0.374 e. The van der Waals surface area contributed by atoms with E-state index in [9.17, 15) is 0 Å². The monoisotopic (exact) mass is 238 g/mol. The van der Waals surface area contributed by atoms with Crippen molar-refractivity contribution < 1.29 is 4.74 Å². The molecule has 0 saturated carbocycles. The van der Waals surface area contributed by atoms with Crippen molar-refractivity contribution in [3.63, 3.8) is 0 Å². The number of rotatable bonds is 2. The van der Waals surface area contributed by atoms with Crippen molar-refractivity contribution in [3.8, 4) is 0 Å². The zero-order valence-corrected chi connectivity index (χ0v) is 10.2. The molecule has 2 saturated heterocycles. The Kier molecular flexibility index (Phi) is 2.86. The van der Waals surface area contributed by atoms with Crippen LogP contribution >= 0.6 is 11.8 Å². The third-order valence-corrected chi connectivity index (χ3v) is 4.72. The standard InChI is InChI=1S/C12H18N2OS/c1-2-6-14(5-1)13-11-3-7-15-12(9-11)4-8-16-10-12/h1-2,5-6,11,13H,3-4,7-10H2. The van der Waals surface area contributed by atoms with Gasteiger partial charge in [-0.1, -0.05) is 0 Å². The topological polar surface area (TPSA) is 26.2 Å². The molecule has 2 aliphatic rings. The van der Waals surface area contributed by atoms with Gasteiger partial charge in [0.05, 0.1) is 5.60 Å². The van der Waals surface area contributed by atoms with Crippen LogP contribution in [-0.4, -0.2) is 34.4 Å². The Bertz CT molecular complexity index is 333. The smallest absolute Gasteiger partial charge is 0.0800 e. The molecule has 2 aliphatic heterocycles. The Morgan fingerprint density at radius 1 is 1.38 bits per heavy atom. The second kappa shape index (κ2) is 4.34. The van der Waals surface area contributed by atoms with Crippen LogP contribution in [0.15, 0.2) is 24.5 Å². The number of ether oxygens (including phenoxy) is 1. The normalized spacial score (nSPS) is 34.4. The maximum Gasteiger partial charge on any atom is 0.0800 e. The first-order valence-electron chi connectivity index (χ1n) is 5.98. The minimum absolute atomic E-state index is 0.174. The van der Waals surface area contributed by atoms with Crippen LogP contribution in [0.25, 0.3) is 0 Å². The Balaban J connectivity index is 1.63. The molecule has 1 spiro atoms. The molecular formula is C12H18N2OS. The second-order valence-corrected chi connectivity index (χ2v) is 5.85. The summed E-state index contributed by atoms with van der Waals surface area (Å²) in [5.74, 6) is 2.44. The van der Waals surface area contributed by atoms with Crippen LogP contribution in [0.3, 0.4) is 0 Å². The molecule has 1 N–H and O–H groups in total. The average Bonchev–Trinajstić information content (AvgIpc) is 2.91. The molecular weight excluding hydrogens is 220 g/mol. The minimum atomic E-state index is 0.174. The fourth-order valence-electron chi connectivity index (χ4n) is 2.63. The van der Waals surface area contributed by atoms with Gasteiger partial charge in [0.1, 0.15) is 0 Å². The molecule has 2 atom stereocenters. The quantitative estimate of drug-likeness (QED) is 0.854. The summed E-state index contributed by atoms with van der Waals surface area (Å²) in [5, 5.41) is 0. The molecule has 3 heterocycles. The lowest BCUT2D eigenvalue weighted by Crippen LogP contribution is -2.46. The van der Waals surface area contributed by atoms with Gasteiger partial charge in [0.2, 0.25) is 0 Å². The number of thioether (sulfide) groups is 1. The van der Waals surface area contributed by atoms with Gasteiger partial charge in [0.25, 0.3) is 0 Å². The molecule has 0 aliphatic carbocycles. The number of nitrogens with one attached hydrogen (secondary N) is 1. The highest BCUT2D eigenvalue weighted by Crippen LogP contribution is 2.38. The number of nitrogens with zero attached hydrogens (tertiary/aromatic N) is 1. The Morgan fingerprint density at radius 2 is 2.25 bits per heavy atom. The van der Waals surface area contributed by atoms with E-state index in [4.69, 9.17) is 4.74 Å². The molecule has 0 aromatic carbocycles. The van der Waals surface area contributed by atoms with Crippen LogP contribution in [-0.2, 0) is 4.74 Å². The second-order valence-electron chi connectivity index (χ2n) is 4.74. The van der Waals surface area contributed by atoms with Crippen molar-refractivity contribution in [2.75, 3.05) is 23.5 Å². The van der Waals surface area contributed by atoms with Crippen molar-refractivity contribution in [3.05, 3.63) is 24.5 Å². The molecule has 3 rings (SSSR count). The first-order chi connectivity index (χ1) is 7.86. The van der Waals surface area contributed by atoms with Gasteiger partial charge in [-0.05, 0) is 37.1 Å². The highest BCUT2D eigenvalue weighted by atomic mass is 32.2. The maximum atomic E-state index is 6.01. The van der Waals surface area contributed by atoms with Crippen LogP contribution in [0.1, 0.15) is 19.3 Å². The fourth-order valence-corrected chi connectivity index (χ4v) is 4.01. The molecule has 3 nitrogen and oxygen atoms in total. The van der Waals surface area contributed by atoms with Gasteiger partial charge in [0.15, 0.2) is 0 Å². The number of hydrogen-bond donors (Lipinski definition) is 1. The highest BCUT2D eigenvalue weighted by Gasteiger charge is 2.40. The van der Waals surface area contributed by atoms with Gasteiger partial charge in [-0.25, -0.2) is 0 Å². The van der Waals surface area contributed by atoms with Gasteiger partial charge in [-0.3, -0.25) is 4.68 Å². The van der Waals surface area contributed by atoms with Gasteiger partial charge in [-0.2, -0.15) is 11.8 Å². The lowest BCUT2D eigenvalue weighted by atomic mass is 9.90. The molecule has 1 aromatic rings. The van der Waals surface area contributed by atoms with E-state index in [0.717, 1.165) is 19.4 Å². The molecule has 0 amide bonds. The van der Waals surface area contributed by atoms with Crippen molar-refractivity contribution in [2.24, 2.45) is 0 Å². The van der Waals surface area contributed by atoms with E-state index in [1.807, 2.05) is 23.9 Å². The largest absolute Gasteiger partial charge is 0.374 e. The molecule has 88 valence electrons. The van der Waals surface area contributed by atoms with Gasteiger partial charge in [0, 0.05) is 30.8 Å². The summed E-state index contributed by atoms with van der Waals surface area (Å²) in [6.45, 7) is 0.902. The SMILES string of the molecule is c1ccn(NC2CCOC3(CCSC3)C2)c1. The average molecular weight is 238 g/mol. The molecule has 1 aromatic heterocycles. The van der Waals surface area contributed by atoms with E-state index in [2.05, 4.69) is 22.5 Å². The van der Waals surface area contributed by atoms with Gasteiger partial charge in [-0.15, -0.1) is 0 Å². The Labute approximate surface area is 101 Å². The van der Waals surface area contributed by atoms with E-state index < -0.39 is 0 Å². The van der Waals surface area contributed by atoms with Crippen molar-refractivity contribution >= 4 is 11.8 Å². The summed E-state index contributed by atoms with van der Waals surface area (Å²) in [6.07, 6.45) is 7.61. The van der Waals surface area contributed by atoms with Crippen LogP contribution in [0, 0.1) is 0 Å². The predicted molar refractivity (Wildman–Crippen MR) is 67.4 cm³/mol. The summed E-state index contributed by atoms with van der Waals surface area (Å²) in [6, 6.07) is 4.65. The van der Waals surface area contributed by atoms with Crippen molar-refractivity contribution in [1.29, 1.82) is 0 Å². The van der Waals surface area contributed by atoms with E-state index in [-0.39, 0.29) is 5.60 Å². The highest BCUT2D eigenvalue weighted by molar-refractivity contribution is 7.99. The number of hydrogen-bond acceptors (Lipinski definition) is 3. The summed E-state index contributed by atoms with van der Waals surface area (Å²) < 4.78 is 8.07. The van der Waals surface area contributed by atoms with Crippen LogP contribution in [0.4, 0.5) is 0 Å². The van der Waals surface area contributed by atoms with E-state index in [1.54, 1.807) is 0 Å². The third kappa shape index (κ3) is 2.09. The third-order valence-electron chi connectivity index (χ3n) is 3.50. The molecule has 2 fully saturated rings. The molecule has 0 bridgehead atoms. The first kappa shape index (κ1) is 10.5. The van der Waals surface area contributed by atoms with E-state index >= 15 is 0 Å². The van der Waals surface area contributed by atoms with Crippen molar-refractivity contribution in [2.45, 2.75) is 30.9 Å². The van der Waals surface area contributed by atoms with Gasteiger partial charge < -0.3 is 10.2 Å². The molecule has 16 heavy (non-hydrogen) atoms. The predicted octanol–water partition coefficient (Wildman–Crippen LogP) is 2.09. The Hall–Kier alpha value is -0.610. The molecule has 2 unspecified atom stereocenters. The van der Waals surface area contributed by atoms with Gasteiger partial charge >= 0.3 is 0 Å². The van der Waals surface area contributed by atoms with E-state index in [0.29, 0.717) is 6.04 Å². The van der Waals surface area contributed by atoms with Crippen LogP contribution < -0.4 is 5.43 Å². The Morgan fingerprint density at radius 3 is 3.00 bits per heavy atom. The summed E-state index contributed by atoms with van der Waals surface area (Å²) >= 11 is 2.03. The van der Waals surface area contributed by atoms with E-state index in [1.165, 1.54) is 17.9 Å². The summed E-state index contributed by atoms with van der Waals surface area (Å²) in [5.41, 5.74) is 3.71. The maximum absolute atomic E-state index is 6.01.